The Bertz CT molecular complexity index is 216. The quantitative estimate of drug-likeness (QED) is 0.663. The SMILES string of the molecule is CC(C)CC1(O)C=CC(O)=CC1. The predicted octanol–water partition coefficient (Wildman–Crippen LogP) is 2.17. The highest BCUT2D eigenvalue weighted by Crippen LogP contribution is 2.26. The van der Waals surface area contributed by atoms with Crippen LogP contribution in [0.15, 0.2) is 24.0 Å². The second kappa shape index (κ2) is 3.31. The van der Waals surface area contributed by atoms with Crippen LogP contribution in [0.1, 0.15) is 26.7 Å². The van der Waals surface area contributed by atoms with E-state index in [1.807, 2.05) is 0 Å². The number of aliphatic hydroxyl groups excluding tert-OH is 1. The van der Waals surface area contributed by atoms with Crippen molar-refractivity contribution >= 4 is 0 Å². The highest BCUT2D eigenvalue weighted by atomic mass is 16.3. The van der Waals surface area contributed by atoms with E-state index in [0.29, 0.717) is 12.3 Å². The number of aliphatic hydroxyl groups is 2. The van der Waals surface area contributed by atoms with Crippen LogP contribution >= 0.6 is 0 Å². The van der Waals surface area contributed by atoms with Gasteiger partial charge < -0.3 is 10.2 Å². The zero-order valence-corrected chi connectivity index (χ0v) is 7.62. The molecule has 68 valence electrons. The smallest absolute Gasteiger partial charge is 0.111 e. The standard InChI is InChI=1S/C10H16O2/c1-8(2)7-10(12)5-3-9(11)4-6-10/h3-5,8,11-12H,6-7H2,1-2H3. The summed E-state index contributed by atoms with van der Waals surface area (Å²) in [6.07, 6.45) is 6.16. The maximum absolute atomic E-state index is 9.92. The molecule has 0 bridgehead atoms. The van der Waals surface area contributed by atoms with Crippen molar-refractivity contribution in [1.82, 2.24) is 0 Å². The Kier molecular flexibility index (Phi) is 2.58. The van der Waals surface area contributed by atoms with Gasteiger partial charge in [0.1, 0.15) is 5.76 Å². The van der Waals surface area contributed by atoms with Crippen LogP contribution in [0.25, 0.3) is 0 Å². The number of hydrogen-bond acceptors (Lipinski definition) is 2. The summed E-state index contributed by atoms with van der Waals surface area (Å²) in [4.78, 5) is 0. The molecule has 0 aromatic heterocycles. The lowest BCUT2D eigenvalue weighted by molar-refractivity contribution is 0.0681. The maximum atomic E-state index is 9.92. The largest absolute Gasteiger partial charge is 0.508 e. The lowest BCUT2D eigenvalue weighted by Gasteiger charge is -2.27. The molecule has 1 aliphatic rings. The average Bonchev–Trinajstić information content (AvgIpc) is 1.94. The summed E-state index contributed by atoms with van der Waals surface area (Å²) >= 11 is 0. The Labute approximate surface area is 73.2 Å². The van der Waals surface area contributed by atoms with Gasteiger partial charge in [-0.3, -0.25) is 0 Å². The fraction of sp³-hybridized carbons (Fsp3) is 0.600. The lowest BCUT2D eigenvalue weighted by atomic mass is 9.86. The van der Waals surface area contributed by atoms with Crippen LogP contribution in [-0.2, 0) is 0 Å². The molecule has 12 heavy (non-hydrogen) atoms. The zero-order chi connectivity index (χ0) is 9.19. The van der Waals surface area contributed by atoms with Gasteiger partial charge >= 0.3 is 0 Å². The molecule has 0 spiro atoms. The molecule has 1 atom stereocenters. The molecule has 1 unspecified atom stereocenters. The molecule has 2 nitrogen and oxygen atoms in total. The molecule has 0 saturated heterocycles. The van der Waals surface area contributed by atoms with Gasteiger partial charge in [0.2, 0.25) is 0 Å². The van der Waals surface area contributed by atoms with Crippen molar-refractivity contribution < 1.29 is 10.2 Å². The molecule has 0 radical (unpaired) electrons. The number of allylic oxidation sites excluding steroid dienone is 1. The van der Waals surface area contributed by atoms with Crippen molar-refractivity contribution in [1.29, 1.82) is 0 Å². The Hall–Kier alpha value is -0.760. The molecule has 0 heterocycles. The Morgan fingerprint density at radius 2 is 2.25 bits per heavy atom. The van der Waals surface area contributed by atoms with Gasteiger partial charge in [0.15, 0.2) is 0 Å². The summed E-state index contributed by atoms with van der Waals surface area (Å²) in [5.74, 6) is 0.719. The summed E-state index contributed by atoms with van der Waals surface area (Å²) in [6, 6.07) is 0. The van der Waals surface area contributed by atoms with Crippen LogP contribution < -0.4 is 0 Å². The van der Waals surface area contributed by atoms with Crippen molar-refractivity contribution in [2.75, 3.05) is 0 Å². The van der Waals surface area contributed by atoms with Gasteiger partial charge in [-0.05, 0) is 30.6 Å². The predicted molar refractivity (Wildman–Crippen MR) is 48.9 cm³/mol. The van der Waals surface area contributed by atoms with E-state index in [2.05, 4.69) is 13.8 Å². The van der Waals surface area contributed by atoms with Crippen molar-refractivity contribution in [3.63, 3.8) is 0 Å². The van der Waals surface area contributed by atoms with Crippen LogP contribution in [0.3, 0.4) is 0 Å². The van der Waals surface area contributed by atoms with Gasteiger partial charge in [-0.25, -0.2) is 0 Å². The Morgan fingerprint density at radius 1 is 1.58 bits per heavy atom. The normalized spacial score (nSPS) is 29.2. The summed E-state index contributed by atoms with van der Waals surface area (Å²) in [5.41, 5.74) is -0.736. The summed E-state index contributed by atoms with van der Waals surface area (Å²) < 4.78 is 0. The minimum atomic E-state index is -0.736. The number of hydrogen-bond donors (Lipinski definition) is 2. The second-order valence-corrected chi connectivity index (χ2v) is 3.87. The number of rotatable bonds is 2. The van der Waals surface area contributed by atoms with Gasteiger partial charge in [0.25, 0.3) is 0 Å². The molecule has 0 aromatic rings. The monoisotopic (exact) mass is 168 g/mol. The van der Waals surface area contributed by atoms with Crippen LogP contribution in [0, 0.1) is 5.92 Å². The Morgan fingerprint density at radius 3 is 2.67 bits per heavy atom. The average molecular weight is 168 g/mol. The minimum absolute atomic E-state index is 0.253. The fourth-order valence-electron chi connectivity index (χ4n) is 1.52. The van der Waals surface area contributed by atoms with E-state index in [9.17, 15) is 5.11 Å². The third-order valence-corrected chi connectivity index (χ3v) is 1.99. The van der Waals surface area contributed by atoms with E-state index in [0.717, 1.165) is 6.42 Å². The van der Waals surface area contributed by atoms with Gasteiger partial charge in [-0.2, -0.15) is 0 Å². The van der Waals surface area contributed by atoms with Crippen molar-refractivity contribution in [3.8, 4) is 0 Å². The molecule has 2 heteroatoms. The van der Waals surface area contributed by atoms with E-state index < -0.39 is 5.60 Å². The van der Waals surface area contributed by atoms with Crippen LogP contribution in [0.4, 0.5) is 0 Å². The molecule has 0 amide bonds. The first-order chi connectivity index (χ1) is 5.52. The van der Waals surface area contributed by atoms with Gasteiger partial charge in [0, 0.05) is 6.42 Å². The molecule has 0 aromatic carbocycles. The molecule has 1 rings (SSSR count). The van der Waals surface area contributed by atoms with Crippen LogP contribution in [0.2, 0.25) is 0 Å². The first-order valence-electron chi connectivity index (χ1n) is 4.32. The molecule has 0 aliphatic heterocycles. The lowest BCUT2D eigenvalue weighted by Crippen LogP contribution is -2.28. The summed E-state index contributed by atoms with van der Waals surface area (Å²) in [6.45, 7) is 4.15. The van der Waals surface area contributed by atoms with Gasteiger partial charge in [0.05, 0.1) is 5.60 Å². The first-order valence-corrected chi connectivity index (χ1v) is 4.32. The van der Waals surface area contributed by atoms with E-state index in [4.69, 9.17) is 5.11 Å². The van der Waals surface area contributed by atoms with Crippen molar-refractivity contribution in [3.05, 3.63) is 24.0 Å². The summed E-state index contributed by atoms with van der Waals surface area (Å²) in [7, 11) is 0. The molecular weight excluding hydrogens is 152 g/mol. The van der Waals surface area contributed by atoms with Gasteiger partial charge in [-0.15, -0.1) is 0 Å². The van der Waals surface area contributed by atoms with E-state index in [1.54, 1.807) is 18.2 Å². The van der Waals surface area contributed by atoms with Crippen LogP contribution in [0.5, 0.6) is 0 Å². The third-order valence-electron chi connectivity index (χ3n) is 1.99. The molecule has 1 aliphatic carbocycles. The minimum Gasteiger partial charge on any atom is -0.508 e. The fourth-order valence-corrected chi connectivity index (χ4v) is 1.52. The molecular formula is C10H16O2. The molecule has 2 N–H and O–H groups in total. The van der Waals surface area contributed by atoms with E-state index in [1.165, 1.54) is 0 Å². The Balaban J connectivity index is 2.59. The highest BCUT2D eigenvalue weighted by Gasteiger charge is 2.25. The van der Waals surface area contributed by atoms with E-state index in [-0.39, 0.29) is 5.76 Å². The van der Waals surface area contributed by atoms with Gasteiger partial charge in [-0.1, -0.05) is 13.8 Å². The summed E-state index contributed by atoms with van der Waals surface area (Å²) in [5, 5.41) is 19.0. The topological polar surface area (TPSA) is 40.5 Å². The highest BCUT2D eigenvalue weighted by molar-refractivity contribution is 5.22. The van der Waals surface area contributed by atoms with E-state index >= 15 is 0 Å². The maximum Gasteiger partial charge on any atom is 0.111 e. The molecule has 0 fully saturated rings. The second-order valence-electron chi connectivity index (χ2n) is 3.87. The zero-order valence-electron chi connectivity index (χ0n) is 7.62. The third kappa shape index (κ3) is 2.38. The first kappa shape index (κ1) is 9.33. The van der Waals surface area contributed by atoms with Crippen LogP contribution in [-0.4, -0.2) is 15.8 Å². The molecule has 0 saturated carbocycles. The van der Waals surface area contributed by atoms with Crippen molar-refractivity contribution in [2.45, 2.75) is 32.3 Å². The van der Waals surface area contributed by atoms with Crippen molar-refractivity contribution in [2.24, 2.45) is 5.92 Å².